The Morgan fingerprint density at radius 2 is 1.04 bits per heavy atom. The number of phenolic OH excluding ortho intramolecular Hbond substituents is 2. The molecule has 0 saturated carbocycles. The van der Waals surface area contributed by atoms with E-state index in [0.717, 1.165) is 0 Å². The van der Waals surface area contributed by atoms with Gasteiger partial charge in [-0.25, -0.2) is 14.4 Å². The van der Waals surface area contributed by atoms with Gasteiger partial charge in [0.1, 0.15) is 11.3 Å². The predicted molar refractivity (Wildman–Crippen MR) is 200 cm³/mol. The van der Waals surface area contributed by atoms with Crippen LogP contribution in [0.25, 0.3) is 0 Å². The zero-order valence-corrected chi connectivity index (χ0v) is 30.1. The lowest BCUT2D eigenvalue weighted by atomic mass is 9.94. The molecule has 0 heterocycles. The minimum Gasteiger partial charge on any atom is -0.505 e. The highest BCUT2D eigenvalue weighted by Crippen LogP contribution is 2.43. The van der Waals surface area contributed by atoms with E-state index < -0.39 is 23.7 Å². The molecule has 11 heteroatoms. The van der Waals surface area contributed by atoms with Gasteiger partial charge in [0.25, 0.3) is 0 Å². The fourth-order valence-electron chi connectivity index (χ4n) is 5.72. The molecule has 0 unspecified atom stereocenters. The molecule has 11 nitrogen and oxygen atoms in total. The second kappa shape index (κ2) is 18.8. The van der Waals surface area contributed by atoms with Crippen molar-refractivity contribution in [1.82, 2.24) is 0 Å². The number of esters is 2. The Hall–Kier alpha value is -5.84. The summed E-state index contributed by atoms with van der Waals surface area (Å²) in [6, 6.07) is 23.0. The first-order chi connectivity index (χ1) is 24.5. The molecular weight excluding hydrogens is 650 g/mol. The number of phenols is 2. The number of carboxylic acids is 1. The molecule has 0 aromatic heterocycles. The number of aromatic carboxylic acids is 1. The van der Waals surface area contributed by atoms with Gasteiger partial charge in [0.05, 0.1) is 28.1 Å². The fourth-order valence-corrected chi connectivity index (χ4v) is 5.72. The SMILES string of the molecule is CCN(CC)c1cc(C(=O)O)c(C(=O)c2ccccc2)c(O)c1N(CC)CC.CCN(CC)c1cccc(C(=O)OC(=O)c2ccccc2)c1O. The Balaban J connectivity index is 0.000000281. The zero-order chi connectivity index (χ0) is 37.7. The topological polar surface area (TPSA) is 148 Å². The normalized spacial score (nSPS) is 10.4. The van der Waals surface area contributed by atoms with Crippen molar-refractivity contribution in [2.24, 2.45) is 0 Å². The first kappa shape index (κ1) is 39.6. The largest absolute Gasteiger partial charge is 0.505 e. The van der Waals surface area contributed by atoms with Crippen molar-refractivity contribution in [2.45, 2.75) is 41.5 Å². The standard InChI is InChI=1S/C22H28N2O4.C18H19NO4/c1-5-23(6-2)17-14-16(22(27)28)18(20(25)15-12-10-9-11-13-15)21(26)19(17)24(7-3)8-4;1-3-19(4-2)15-12-8-11-14(16(15)20)18(22)23-17(21)13-9-6-5-7-10-13/h9-14,26H,5-8H2,1-4H3,(H,27,28);5-12,20H,3-4H2,1-2H3. The quantitative estimate of drug-likeness (QED) is 0.0695. The average Bonchev–Trinajstić information content (AvgIpc) is 3.15. The Labute approximate surface area is 299 Å². The molecule has 0 aliphatic heterocycles. The number of benzene rings is 4. The molecule has 270 valence electrons. The van der Waals surface area contributed by atoms with Gasteiger partial charge in [-0.3, -0.25) is 4.79 Å². The number of aromatic hydroxyl groups is 2. The molecule has 51 heavy (non-hydrogen) atoms. The van der Waals surface area contributed by atoms with Gasteiger partial charge in [0.2, 0.25) is 0 Å². The molecule has 4 aromatic carbocycles. The van der Waals surface area contributed by atoms with E-state index in [1.807, 2.05) is 56.2 Å². The van der Waals surface area contributed by atoms with Crippen LogP contribution in [-0.4, -0.2) is 78.3 Å². The highest BCUT2D eigenvalue weighted by Gasteiger charge is 2.30. The molecule has 0 atom stereocenters. The van der Waals surface area contributed by atoms with Gasteiger partial charge in [0.15, 0.2) is 17.3 Å². The zero-order valence-electron chi connectivity index (χ0n) is 30.1. The van der Waals surface area contributed by atoms with E-state index in [0.29, 0.717) is 61.9 Å². The maximum absolute atomic E-state index is 13.1. The number of anilines is 3. The minimum absolute atomic E-state index is 0.0290. The number of hydrogen-bond acceptors (Lipinski definition) is 10. The fraction of sp³-hybridized carbons (Fsp3) is 0.300. The van der Waals surface area contributed by atoms with Crippen molar-refractivity contribution in [3.05, 3.63) is 113 Å². The van der Waals surface area contributed by atoms with Gasteiger partial charge in [-0.2, -0.15) is 0 Å². The molecule has 0 aliphatic rings. The van der Waals surface area contributed by atoms with Crippen molar-refractivity contribution in [1.29, 1.82) is 0 Å². The highest BCUT2D eigenvalue weighted by molar-refractivity contribution is 6.18. The van der Waals surface area contributed by atoms with Crippen LogP contribution in [0.2, 0.25) is 0 Å². The second-order valence-electron chi connectivity index (χ2n) is 11.2. The molecule has 0 radical (unpaired) electrons. The van der Waals surface area contributed by atoms with E-state index >= 15 is 0 Å². The molecule has 0 spiro atoms. The van der Waals surface area contributed by atoms with Crippen molar-refractivity contribution >= 4 is 40.8 Å². The minimum atomic E-state index is -1.24. The summed E-state index contributed by atoms with van der Waals surface area (Å²) in [6.45, 7) is 15.7. The summed E-state index contributed by atoms with van der Waals surface area (Å²) in [6.07, 6.45) is 0. The summed E-state index contributed by atoms with van der Waals surface area (Å²) in [5, 5.41) is 31.3. The number of carbonyl (C=O) groups excluding carboxylic acids is 3. The van der Waals surface area contributed by atoms with Crippen molar-refractivity contribution in [3.8, 4) is 11.5 Å². The van der Waals surface area contributed by atoms with Gasteiger partial charge in [0, 0.05) is 44.8 Å². The van der Waals surface area contributed by atoms with E-state index in [-0.39, 0.29) is 33.8 Å². The summed E-state index contributed by atoms with van der Waals surface area (Å²) in [7, 11) is 0. The summed E-state index contributed by atoms with van der Waals surface area (Å²) < 4.78 is 4.85. The number of para-hydroxylation sites is 1. The third kappa shape index (κ3) is 9.24. The lowest BCUT2D eigenvalue weighted by Gasteiger charge is -2.32. The van der Waals surface area contributed by atoms with Gasteiger partial charge < -0.3 is 34.8 Å². The van der Waals surface area contributed by atoms with Crippen LogP contribution in [0.1, 0.15) is 88.5 Å². The number of nitrogens with zero attached hydrogens (tertiary/aromatic N) is 3. The van der Waals surface area contributed by atoms with E-state index in [1.165, 1.54) is 12.1 Å². The predicted octanol–water partition coefficient (Wildman–Crippen LogP) is 7.25. The van der Waals surface area contributed by atoms with Gasteiger partial charge in [-0.1, -0.05) is 54.6 Å². The first-order valence-electron chi connectivity index (χ1n) is 17.1. The number of carbonyl (C=O) groups is 4. The smallest absolute Gasteiger partial charge is 0.349 e. The van der Waals surface area contributed by atoms with E-state index in [9.17, 15) is 34.5 Å². The van der Waals surface area contributed by atoms with Crippen molar-refractivity contribution in [3.63, 3.8) is 0 Å². The number of hydrogen-bond donors (Lipinski definition) is 3. The van der Waals surface area contributed by atoms with Crippen LogP contribution < -0.4 is 14.7 Å². The molecule has 3 N–H and O–H groups in total. The van der Waals surface area contributed by atoms with E-state index in [2.05, 4.69) is 0 Å². The van der Waals surface area contributed by atoms with Gasteiger partial charge in [-0.15, -0.1) is 0 Å². The van der Waals surface area contributed by atoms with Crippen LogP contribution in [0.15, 0.2) is 84.9 Å². The van der Waals surface area contributed by atoms with Crippen LogP contribution in [0, 0.1) is 0 Å². The van der Waals surface area contributed by atoms with Crippen LogP contribution in [0.4, 0.5) is 17.1 Å². The third-order valence-corrected chi connectivity index (χ3v) is 8.47. The number of ether oxygens (including phenoxy) is 1. The Morgan fingerprint density at radius 3 is 1.53 bits per heavy atom. The Kier molecular flexibility index (Phi) is 14.6. The van der Waals surface area contributed by atoms with Crippen LogP contribution in [-0.2, 0) is 4.74 Å². The van der Waals surface area contributed by atoms with E-state index in [4.69, 9.17) is 4.74 Å². The number of carboxylic acid groups (broad SMARTS) is 1. The summed E-state index contributed by atoms with van der Waals surface area (Å²) in [5.41, 5.74) is 1.88. The molecule has 0 amide bonds. The van der Waals surface area contributed by atoms with Gasteiger partial charge in [-0.05, 0) is 71.9 Å². The van der Waals surface area contributed by atoms with Gasteiger partial charge >= 0.3 is 17.9 Å². The molecule has 4 rings (SSSR count). The first-order valence-corrected chi connectivity index (χ1v) is 17.1. The molecule has 0 saturated heterocycles. The van der Waals surface area contributed by atoms with Crippen LogP contribution in [0.5, 0.6) is 11.5 Å². The van der Waals surface area contributed by atoms with Crippen molar-refractivity contribution in [2.75, 3.05) is 54.0 Å². The molecular formula is C40H47N3O8. The maximum atomic E-state index is 13.1. The van der Waals surface area contributed by atoms with Crippen LogP contribution >= 0.6 is 0 Å². The summed E-state index contributed by atoms with van der Waals surface area (Å²) in [5.74, 6) is -3.82. The van der Waals surface area contributed by atoms with Crippen molar-refractivity contribution < 1.29 is 39.2 Å². The number of ketones is 1. The monoisotopic (exact) mass is 697 g/mol. The molecule has 0 bridgehead atoms. The summed E-state index contributed by atoms with van der Waals surface area (Å²) >= 11 is 0. The second-order valence-corrected chi connectivity index (χ2v) is 11.2. The van der Waals surface area contributed by atoms with Crippen LogP contribution in [0.3, 0.4) is 0 Å². The lowest BCUT2D eigenvalue weighted by Crippen LogP contribution is -2.29. The van der Waals surface area contributed by atoms with E-state index in [1.54, 1.807) is 72.8 Å². The lowest BCUT2D eigenvalue weighted by molar-refractivity contribution is 0.0395. The highest BCUT2D eigenvalue weighted by atomic mass is 16.6. The third-order valence-electron chi connectivity index (χ3n) is 8.47. The Morgan fingerprint density at radius 1 is 0.549 bits per heavy atom. The summed E-state index contributed by atoms with van der Waals surface area (Å²) in [4.78, 5) is 55.0. The Bertz CT molecular complexity index is 1800. The molecule has 4 aromatic rings. The average molecular weight is 698 g/mol. The molecule has 0 fully saturated rings. The number of rotatable bonds is 14. The maximum Gasteiger partial charge on any atom is 0.349 e. The molecule has 0 aliphatic carbocycles.